The lowest BCUT2D eigenvalue weighted by atomic mass is 9.93. The number of carbonyl (C=O) groups excluding carboxylic acids is 1. The summed E-state index contributed by atoms with van der Waals surface area (Å²) in [6.45, 7) is 3.63. The van der Waals surface area contributed by atoms with Gasteiger partial charge in [0.25, 0.3) is 5.91 Å². The minimum absolute atomic E-state index is 0.0534. The van der Waals surface area contributed by atoms with Crippen molar-refractivity contribution in [1.82, 2.24) is 15.1 Å². The summed E-state index contributed by atoms with van der Waals surface area (Å²) in [4.78, 5) is 13.5. The van der Waals surface area contributed by atoms with Gasteiger partial charge in [0.2, 0.25) is 0 Å². The van der Waals surface area contributed by atoms with E-state index in [1.54, 1.807) is 59.3 Å². The molecule has 1 N–H and O–H groups in total. The normalized spacial score (nSPS) is 11.2. The maximum Gasteiger partial charge on any atom is 0.272 e. The van der Waals surface area contributed by atoms with Gasteiger partial charge in [0.1, 0.15) is 5.82 Å². The Labute approximate surface area is 212 Å². The van der Waals surface area contributed by atoms with E-state index < -0.39 is 11.4 Å². The maximum absolute atomic E-state index is 13.5. The molecule has 4 rings (SSSR count). The summed E-state index contributed by atoms with van der Waals surface area (Å²) >= 11 is 12.6. The highest BCUT2D eigenvalue weighted by Crippen LogP contribution is 2.33. The van der Waals surface area contributed by atoms with Crippen LogP contribution < -0.4 is 5.32 Å². The van der Waals surface area contributed by atoms with E-state index in [1.165, 1.54) is 12.1 Å². The summed E-state index contributed by atoms with van der Waals surface area (Å²) in [7, 11) is 0. The summed E-state index contributed by atoms with van der Waals surface area (Å²) in [6, 6.07) is 22.3. The molecule has 8 heteroatoms. The third-order valence-corrected chi connectivity index (χ3v) is 6.22. The number of aromatic nitrogens is 2. The number of halogens is 3. The van der Waals surface area contributed by atoms with Crippen molar-refractivity contribution in [3.63, 3.8) is 0 Å². The summed E-state index contributed by atoms with van der Waals surface area (Å²) in [5, 5.41) is 18.2. The van der Waals surface area contributed by atoms with Crippen molar-refractivity contribution in [3.8, 4) is 23.0 Å². The summed E-state index contributed by atoms with van der Waals surface area (Å²) in [6.07, 6.45) is -0.0534. The molecule has 35 heavy (non-hydrogen) atoms. The minimum atomic E-state index is -0.830. The molecule has 0 radical (unpaired) electrons. The SMILES string of the molecule is CC(C)(NC(=O)c1nn(-c2ccccc2Cl)c(-c2ccc(Cl)cc2)c1CC#N)c1ccc(F)cc1. The molecular weight excluding hydrogens is 486 g/mol. The molecule has 0 saturated heterocycles. The number of hydrogen-bond donors (Lipinski definition) is 1. The van der Waals surface area contributed by atoms with Crippen molar-refractivity contribution in [2.24, 2.45) is 0 Å². The van der Waals surface area contributed by atoms with Crippen molar-refractivity contribution >= 4 is 29.1 Å². The van der Waals surface area contributed by atoms with Gasteiger partial charge >= 0.3 is 0 Å². The maximum atomic E-state index is 13.5. The Hall–Kier alpha value is -3.66. The van der Waals surface area contributed by atoms with E-state index in [1.807, 2.05) is 19.9 Å². The molecule has 0 aliphatic heterocycles. The zero-order valence-corrected chi connectivity index (χ0v) is 20.5. The highest BCUT2D eigenvalue weighted by Gasteiger charge is 2.30. The Morgan fingerprint density at radius 2 is 1.71 bits per heavy atom. The van der Waals surface area contributed by atoms with Gasteiger partial charge < -0.3 is 5.32 Å². The molecule has 0 unspecified atom stereocenters. The number of benzene rings is 3. The van der Waals surface area contributed by atoms with Gasteiger partial charge in [-0.05, 0) is 55.8 Å². The predicted octanol–water partition coefficient (Wildman–Crippen LogP) is 6.72. The Morgan fingerprint density at radius 1 is 1.06 bits per heavy atom. The fraction of sp³-hybridized carbons (Fsp3) is 0.148. The molecule has 1 amide bonds. The zero-order valence-electron chi connectivity index (χ0n) is 19.0. The van der Waals surface area contributed by atoms with E-state index in [0.29, 0.717) is 27.0 Å². The Bertz CT molecular complexity index is 1420. The lowest BCUT2D eigenvalue weighted by molar-refractivity contribution is 0.0905. The first-order valence-corrected chi connectivity index (χ1v) is 11.5. The highest BCUT2D eigenvalue weighted by molar-refractivity contribution is 6.32. The molecular formula is C27H21Cl2FN4O. The third kappa shape index (κ3) is 5.07. The molecule has 0 atom stereocenters. The van der Waals surface area contributed by atoms with Crippen molar-refractivity contribution in [3.05, 3.63) is 105 Å². The van der Waals surface area contributed by atoms with Crippen LogP contribution in [0.25, 0.3) is 16.9 Å². The summed E-state index contributed by atoms with van der Waals surface area (Å²) < 4.78 is 15.0. The van der Waals surface area contributed by atoms with E-state index >= 15 is 0 Å². The van der Waals surface area contributed by atoms with Crippen molar-refractivity contribution in [1.29, 1.82) is 5.26 Å². The van der Waals surface area contributed by atoms with Crippen molar-refractivity contribution < 1.29 is 9.18 Å². The van der Waals surface area contributed by atoms with Crippen LogP contribution in [0.5, 0.6) is 0 Å². The number of nitrogens with zero attached hydrogens (tertiary/aromatic N) is 3. The summed E-state index contributed by atoms with van der Waals surface area (Å²) in [5.41, 5.74) is 2.31. The van der Waals surface area contributed by atoms with E-state index in [9.17, 15) is 14.4 Å². The first-order valence-electron chi connectivity index (χ1n) is 10.8. The van der Waals surface area contributed by atoms with Crippen LogP contribution in [0.15, 0.2) is 72.8 Å². The second-order valence-electron chi connectivity index (χ2n) is 8.47. The predicted molar refractivity (Wildman–Crippen MR) is 135 cm³/mol. The zero-order chi connectivity index (χ0) is 25.2. The number of para-hydroxylation sites is 1. The molecule has 1 aromatic heterocycles. The van der Waals surface area contributed by atoms with Crippen LogP contribution in [0, 0.1) is 17.1 Å². The fourth-order valence-corrected chi connectivity index (χ4v) is 4.20. The lowest BCUT2D eigenvalue weighted by Crippen LogP contribution is -2.41. The van der Waals surface area contributed by atoms with E-state index in [4.69, 9.17) is 23.2 Å². The molecule has 1 heterocycles. The fourth-order valence-electron chi connectivity index (χ4n) is 3.86. The van der Waals surface area contributed by atoms with Gasteiger partial charge in [-0.2, -0.15) is 10.4 Å². The molecule has 4 aromatic rings. The molecule has 176 valence electrons. The van der Waals surface area contributed by atoms with Crippen LogP contribution in [-0.4, -0.2) is 15.7 Å². The number of nitrogens with one attached hydrogen (secondary N) is 1. The van der Waals surface area contributed by atoms with E-state index in [-0.39, 0.29) is 17.9 Å². The van der Waals surface area contributed by atoms with Crippen molar-refractivity contribution in [2.75, 3.05) is 0 Å². The Kier molecular flexibility index (Phi) is 6.93. The van der Waals surface area contributed by atoms with Crippen LogP contribution in [0.4, 0.5) is 4.39 Å². The first-order chi connectivity index (χ1) is 16.7. The van der Waals surface area contributed by atoms with Gasteiger partial charge in [-0.15, -0.1) is 0 Å². The van der Waals surface area contributed by atoms with Gasteiger partial charge in [0.15, 0.2) is 5.69 Å². The average Bonchev–Trinajstić information content (AvgIpc) is 3.19. The van der Waals surface area contributed by atoms with Crippen LogP contribution >= 0.6 is 23.2 Å². The van der Waals surface area contributed by atoms with Gasteiger partial charge in [-0.1, -0.05) is 59.6 Å². The average molecular weight is 507 g/mol. The summed E-state index contributed by atoms with van der Waals surface area (Å²) in [5.74, 6) is -0.830. The molecule has 0 spiro atoms. The third-order valence-electron chi connectivity index (χ3n) is 5.64. The molecule has 3 aromatic carbocycles. The number of rotatable bonds is 6. The Balaban J connectivity index is 1.87. The number of carbonyl (C=O) groups is 1. The van der Waals surface area contributed by atoms with Crippen LogP contribution in [0.3, 0.4) is 0 Å². The first kappa shape index (κ1) is 24.5. The molecule has 0 fully saturated rings. The largest absolute Gasteiger partial charge is 0.342 e. The van der Waals surface area contributed by atoms with Crippen molar-refractivity contribution in [2.45, 2.75) is 25.8 Å². The highest BCUT2D eigenvalue weighted by atomic mass is 35.5. The second-order valence-corrected chi connectivity index (χ2v) is 9.31. The molecule has 0 aliphatic carbocycles. The lowest BCUT2D eigenvalue weighted by Gasteiger charge is -2.26. The van der Waals surface area contributed by atoms with Crippen LogP contribution in [-0.2, 0) is 12.0 Å². The van der Waals surface area contributed by atoms with Gasteiger partial charge in [0, 0.05) is 16.1 Å². The molecule has 0 aliphatic rings. The number of hydrogen-bond acceptors (Lipinski definition) is 3. The molecule has 5 nitrogen and oxygen atoms in total. The number of nitriles is 1. The van der Waals surface area contributed by atoms with Gasteiger partial charge in [0.05, 0.1) is 34.4 Å². The molecule has 0 saturated carbocycles. The smallest absolute Gasteiger partial charge is 0.272 e. The van der Waals surface area contributed by atoms with Gasteiger partial charge in [-0.25, -0.2) is 9.07 Å². The Morgan fingerprint density at radius 3 is 2.34 bits per heavy atom. The van der Waals surface area contributed by atoms with E-state index in [2.05, 4.69) is 16.5 Å². The topological polar surface area (TPSA) is 70.7 Å². The molecule has 0 bridgehead atoms. The number of amides is 1. The minimum Gasteiger partial charge on any atom is -0.342 e. The van der Waals surface area contributed by atoms with Crippen LogP contribution in [0.2, 0.25) is 10.0 Å². The van der Waals surface area contributed by atoms with Gasteiger partial charge in [-0.3, -0.25) is 4.79 Å². The standard InChI is InChI=1S/C27H21Cl2FN4O/c1-27(2,18-9-13-20(30)14-10-18)32-26(35)24-21(15-16-31)25(17-7-11-19(28)12-8-17)34(33-24)23-6-4-3-5-22(23)29/h3-14H,15H2,1-2H3,(H,32,35). The monoisotopic (exact) mass is 506 g/mol. The quantitative estimate of drug-likeness (QED) is 0.315. The van der Waals surface area contributed by atoms with E-state index in [0.717, 1.165) is 11.1 Å². The second kappa shape index (κ2) is 9.91. The van der Waals surface area contributed by atoms with Crippen LogP contribution in [0.1, 0.15) is 35.5 Å².